The van der Waals surface area contributed by atoms with Crippen LogP contribution in [0.25, 0.3) is 0 Å². The molecule has 0 saturated carbocycles. The molecule has 0 aromatic carbocycles. The van der Waals surface area contributed by atoms with E-state index in [2.05, 4.69) is 11.1 Å². The van der Waals surface area contributed by atoms with E-state index in [0.717, 1.165) is 5.82 Å². The summed E-state index contributed by atoms with van der Waals surface area (Å²) in [5.41, 5.74) is 0.603. The van der Waals surface area contributed by atoms with E-state index in [1.165, 1.54) is 0 Å². The van der Waals surface area contributed by atoms with Gasteiger partial charge in [0.05, 0.1) is 17.7 Å². The van der Waals surface area contributed by atoms with Crippen LogP contribution < -0.4 is 4.90 Å². The van der Waals surface area contributed by atoms with Gasteiger partial charge in [0, 0.05) is 19.3 Å². The first-order valence-electron chi connectivity index (χ1n) is 4.09. The molecule has 0 unspecified atom stereocenters. The number of aliphatic hydroxyl groups excluding tert-OH is 1. The second-order valence-corrected chi connectivity index (χ2v) is 3.07. The molecule has 0 radical (unpaired) electrons. The molecule has 4 nitrogen and oxygen atoms in total. The third kappa shape index (κ3) is 1.95. The van der Waals surface area contributed by atoms with Crippen molar-refractivity contribution in [3.8, 4) is 6.07 Å². The molecule has 0 amide bonds. The van der Waals surface area contributed by atoms with Crippen LogP contribution in [0.15, 0.2) is 18.3 Å². The second-order valence-electron chi connectivity index (χ2n) is 3.07. The zero-order valence-electron chi connectivity index (χ0n) is 7.42. The van der Waals surface area contributed by atoms with E-state index in [-0.39, 0.29) is 18.5 Å². The third-order valence-electron chi connectivity index (χ3n) is 2.06. The summed E-state index contributed by atoms with van der Waals surface area (Å²) in [6, 6.07) is 5.45. The number of halogens is 1. The van der Waals surface area contributed by atoms with Crippen LogP contribution in [0.1, 0.15) is 5.56 Å². The summed E-state index contributed by atoms with van der Waals surface area (Å²) >= 11 is 0. The second kappa shape index (κ2) is 4.27. The maximum atomic E-state index is 9.07. The van der Waals surface area contributed by atoms with Crippen molar-refractivity contribution in [2.45, 2.75) is 6.10 Å². The Balaban J connectivity index is 0.000000980. The summed E-state index contributed by atoms with van der Waals surface area (Å²) in [5.74, 6) is 0.768. The van der Waals surface area contributed by atoms with Gasteiger partial charge in [-0.15, -0.1) is 12.4 Å². The van der Waals surface area contributed by atoms with E-state index in [4.69, 9.17) is 10.4 Å². The molecule has 1 aromatic rings. The molecule has 0 spiro atoms. The Kier molecular flexibility index (Phi) is 3.28. The van der Waals surface area contributed by atoms with E-state index in [0.29, 0.717) is 18.7 Å². The van der Waals surface area contributed by atoms with Crippen molar-refractivity contribution in [2.75, 3.05) is 18.0 Å². The van der Waals surface area contributed by atoms with Gasteiger partial charge in [-0.3, -0.25) is 0 Å². The number of hydrogen-bond donors (Lipinski definition) is 1. The lowest BCUT2D eigenvalue weighted by molar-refractivity contribution is 0.141. The monoisotopic (exact) mass is 211 g/mol. The van der Waals surface area contributed by atoms with Crippen LogP contribution in [0.4, 0.5) is 5.82 Å². The van der Waals surface area contributed by atoms with E-state index in [1.807, 2.05) is 4.90 Å². The van der Waals surface area contributed by atoms with Crippen LogP contribution in [0.3, 0.4) is 0 Å². The Hall–Kier alpha value is -1.31. The molecule has 0 aliphatic carbocycles. The molecule has 1 N–H and O–H groups in total. The molecule has 1 aliphatic rings. The number of hydrogen-bond acceptors (Lipinski definition) is 4. The molecule has 2 heterocycles. The van der Waals surface area contributed by atoms with Gasteiger partial charge in [0.15, 0.2) is 0 Å². The number of aliphatic hydroxyl groups is 1. The first-order valence-corrected chi connectivity index (χ1v) is 4.09. The van der Waals surface area contributed by atoms with Crippen LogP contribution in [0.2, 0.25) is 0 Å². The van der Waals surface area contributed by atoms with Crippen molar-refractivity contribution in [3.63, 3.8) is 0 Å². The van der Waals surface area contributed by atoms with Gasteiger partial charge < -0.3 is 10.0 Å². The number of anilines is 1. The van der Waals surface area contributed by atoms with Crippen LogP contribution in [-0.2, 0) is 0 Å². The number of rotatable bonds is 1. The summed E-state index contributed by atoms with van der Waals surface area (Å²) in [7, 11) is 0. The van der Waals surface area contributed by atoms with Gasteiger partial charge in [-0.05, 0) is 12.1 Å². The fourth-order valence-electron chi connectivity index (χ4n) is 1.30. The van der Waals surface area contributed by atoms with Crippen LogP contribution in [-0.4, -0.2) is 29.3 Å². The smallest absolute Gasteiger partial charge is 0.129 e. The van der Waals surface area contributed by atoms with Gasteiger partial charge in [0.2, 0.25) is 0 Å². The molecule has 14 heavy (non-hydrogen) atoms. The first-order chi connectivity index (χ1) is 6.29. The van der Waals surface area contributed by atoms with E-state index in [9.17, 15) is 0 Å². The summed E-state index contributed by atoms with van der Waals surface area (Å²) in [6.07, 6.45) is 1.37. The molecule has 74 valence electrons. The van der Waals surface area contributed by atoms with Crippen LogP contribution in [0, 0.1) is 11.3 Å². The van der Waals surface area contributed by atoms with Gasteiger partial charge in [0.25, 0.3) is 0 Å². The number of pyridine rings is 1. The van der Waals surface area contributed by atoms with Crippen molar-refractivity contribution in [1.29, 1.82) is 5.26 Å². The molecule has 5 heteroatoms. The molecule has 1 fully saturated rings. The van der Waals surface area contributed by atoms with E-state index in [1.54, 1.807) is 18.3 Å². The largest absolute Gasteiger partial charge is 0.389 e. The standard InChI is InChI=1S/C9H9N3O.ClH/c10-4-7-1-2-11-9(3-7)12-5-8(13)6-12;/h1-3,8,13H,5-6H2;1H. The minimum atomic E-state index is -0.243. The average Bonchev–Trinajstić information content (AvgIpc) is 2.13. The number of nitrogens with zero attached hydrogens (tertiary/aromatic N) is 3. The summed E-state index contributed by atoms with van der Waals surface area (Å²) in [6.45, 7) is 1.23. The normalized spacial score (nSPS) is 15.3. The fourth-order valence-corrected chi connectivity index (χ4v) is 1.30. The minimum Gasteiger partial charge on any atom is -0.389 e. The average molecular weight is 212 g/mol. The Morgan fingerprint density at radius 2 is 2.29 bits per heavy atom. The van der Waals surface area contributed by atoms with Gasteiger partial charge >= 0.3 is 0 Å². The predicted molar refractivity (Wildman–Crippen MR) is 54.4 cm³/mol. The highest BCUT2D eigenvalue weighted by Gasteiger charge is 2.25. The molecule has 0 bridgehead atoms. The lowest BCUT2D eigenvalue weighted by Crippen LogP contribution is -2.51. The first kappa shape index (κ1) is 10.8. The predicted octanol–water partition coefficient (Wildman–Crippen LogP) is 0.556. The molecule has 1 aromatic heterocycles. The molecular formula is C9H10ClN3O. The molecular weight excluding hydrogens is 202 g/mol. The Morgan fingerprint density at radius 1 is 1.57 bits per heavy atom. The number of β-amino-alcohol motifs (C(OH)–C–C–N with tert-alkyl or cyclic N) is 1. The highest BCUT2D eigenvalue weighted by atomic mass is 35.5. The van der Waals surface area contributed by atoms with Gasteiger partial charge in [-0.25, -0.2) is 4.98 Å². The highest BCUT2D eigenvalue weighted by molar-refractivity contribution is 5.85. The van der Waals surface area contributed by atoms with Gasteiger partial charge in [-0.1, -0.05) is 0 Å². The van der Waals surface area contributed by atoms with Crippen molar-refractivity contribution in [1.82, 2.24) is 4.98 Å². The van der Waals surface area contributed by atoms with Crippen molar-refractivity contribution >= 4 is 18.2 Å². The zero-order chi connectivity index (χ0) is 9.26. The summed E-state index contributed by atoms with van der Waals surface area (Å²) in [5, 5.41) is 17.7. The van der Waals surface area contributed by atoms with Crippen molar-refractivity contribution in [2.24, 2.45) is 0 Å². The fraction of sp³-hybridized carbons (Fsp3) is 0.333. The zero-order valence-corrected chi connectivity index (χ0v) is 8.24. The van der Waals surface area contributed by atoms with Crippen molar-refractivity contribution < 1.29 is 5.11 Å². The highest BCUT2D eigenvalue weighted by Crippen LogP contribution is 2.18. The SMILES string of the molecule is Cl.N#Cc1ccnc(N2CC(O)C2)c1. The van der Waals surface area contributed by atoms with Crippen LogP contribution >= 0.6 is 12.4 Å². The Bertz CT molecular complexity index is 357. The lowest BCUT2D eigenvalue weighted by atomic mass is 10.1. The summed E-state index contributed by atoms with van der Waals surface area (Å²) < 4.78 is 0. The van der Waals surface area contributed by atoms with Gasteiger partial charge in [0.1, 0.15) is 5.82 Å². The number of nitriles is 1. The maximum Gasteiger partial charge on any atom is 0.129 e. The third-order valence-corrected chi connectivity index (χ3v) is 2.06. The quantitative estimate of drug-likeness (QED) is 0.737. The Morgan fingerprint density at radius 3 is 2.86 bits per heavy atom. The molecule has 2 rings (SSSR count). The molecule has 1 saturated heterocycles. The van der Waals surface area contributed by atoms with E-state index < -0.39 is 0 Å². The van der Waals surface area contributed by atoms with Crippen molar-refractivity contribution in [3.05, 3.63) is 23.9 Å². The maximum absolute atomic E-state index is 9.07. The lowest BCUT2D eigenvalue weighted by Gasteiger charge is -2.36. The molecule has 0 atom stereocenters. The Labute approximate surface area is 88.2 Å². The topological polar surface area (TPSA) is 60.2 Å². The van der Waals surface area contributed by atoms with Gasteiger partial charge in [-0.2, -0.15) is 5.26 Å². The summed E-state index contributed by atoms with van der Waals surface area (Å²) in [4.78, 5) is 6.04. The minimum absolute atomic E-state index is 0. The molecule has 1 aliphatic heterocycles. The van der Waals surface area contributed by atoms with E-state index >= 15 is 0 Å². The van der Waals surface area contributed by atoms with Crippen LogP contribution in [0.5, 0.6) is 0 Å². The number of aromatic nitrogens is 1.